The maximum Gasteiger partial charge on any atom is 0.188 e. The third-order valence-corrected chi connectivity index (χ3v) is 4.06. The highest BCUT2D eigenvalue weighted by atomic mass is 127. The zero-order valence-electron chi connectivity index (χ0n) is 13.6. The number of hydrogen-bond donors (Lipinski definition) is 2. The molecule has 0 amide bonds. The quantitative estimate of drug-likeness (QED) is 0.439. The van der Waals surface area contributed by atoms with E-state index in [0.717, 1.165) is 12.2 Å². The topological polar surface area (TPSA) is 59.6 Å². The van der Waals surface area contributed by atoms with Crippen molar-refractivity contribution in [2.45, 2.75) is 51.5 Å². The van der Waals surface area contributed by atoms with E-state index < -0.39 is 0 Å². The average Bonchev–Trinajstić information content (AvgIpc) is 2.48. The molecule has 1 aromatic carbocycles. The van der Waals surface area contributed by atoms with Crippen LogP contribution in [0.2, 0.25) is 0 Å². The number of methoxy groups -OCH3 is 1. The summed E-state index contributed by atoms with van der Waals surface area (Å²) in [6, 6.07) is 6.73. The van der Waals surface area contributed by atoms with Gasteiger partial charge in [0.15, 0.2) is 5.96 Å². The molecule has 1 saturated carbocycles. The average molecular weight is 417 g/mol. The molecule has 1 aliphatic carbocycles. The van der Waals surface area contributed by atoms with Gasteiger partial charge in [-0.2, -0.15) is 0 Å². The highest BCUT2D eigenvalue weighted by Gasteiger charge is 2.13. The maximum absolute atomic E-state index is 5.98. The second-order valence-electron chi connectivity index (χ2n) is 5.81. The second kappa shape index (κ2) is 9.92. The van der Waals surface area contributed by atoms with Crippen molar-refractivity contribution in [2.75, 3.05) is 13.7 Å². The third kappa shape index (κ3) is 6.02. The zero-order valence-corrected chi connectivity index (χ0v) is 15.9. The SMILES string of the molecule is COc1ccc(C)cc1CCN=C(N)NC1CCCCC1.I. The number of nitrogens with zero attached hydrogens (tertiary/aromatic N) is 1. The van der Waals surface area contributed by atoms with Crippen LogP contribution in [0.5, 0.6) is 5.75 Å². The van der Waals surface area contributed by atoms with Crippen LogP contribution in [0.25, 0.3) is 0 Å². The zero-order chi connectivity index (χ0) is 15.1. The summed E-state index contributed by atoms with van der Waals surface area (Å²) in [5.74, 6) is 1.50. The lowest BCUT2D eigenvalue weighted by Gasteiger charge is -2.23. The van der Waals surface area contributed by atoms with Gasteiger partial charge in [0, 0.05) is 12.6 Å². The lowest BCUT2D eigenvalue weighted by Crippen LogP contribution is -2.41. The van der Waals surface area contributed by atoms with Crippen molar-refractivity contribution < 1.29 is 4.74 Å². The molecule has 0 unspecified atom stereocenters. The van der Waals surface area contributed by atoms with E-state index in [2.05, 4.69) is 29.4 Å². The molecular weight excluding hydrogens is 389 g/mol. The van der Waals surface area contributed by atoms with E-state index in [-0.39, 0.29) is 24.0 Å². The first-order valence-corrected chi connectivity index (χ1v) is 7.89. The summed E-state index contributed by atoms with van der Waals surface area (Å²) in [5, 5.41) is 3.34. The van der Waals surface area contributed by atoms with E-state index >= 15 is 0 Å². The molecular formula is C17H28IN3O. The predicted molar refractivity (Wildman–Crippen MR) is 103 cm³/mol. The minimum atomic E-state index is 0. The van der Waals surface area contributed by atoms with Crippen molar-refractivity contribution in [2.24, 2.45) is 10.7 Å². The molecule has 1 fully saturated rings. The predicted octanol–water partition coefficient (Wildman–Crippen LogP) is 3.40. The molecule has 2 rings (SSSR count). The largest absolute Gasteiger partial charge is 0.496 e. The minimum Gasteiger partial charge on any atom is -0.496 e. The molecule has 3 N–H and O–H groups in total. The molecule has 1 aliphatic rings. The molecule has 0 atom stereocenters. The van der Waals surface area contributed by atoms with Crippen LogP contribution in [-0.4, -0.2) is 25.7 Å². The van der Waals surface area contributed by atoms with Crippen LogP contribution >= 0.6 is 24.0 Å². The van der Waals surface area contributed by atoms with Gasteiger partial charge in [0.25, 0.3) is 0 Å². The van der Waals surface area contributed by atoms with Gasteiger partial charge in [-0.05, 0) is 37.8 Å². The minimum absolute atomic E-state index is 0. The fraction of sp³-hybridized carbons (Fsp3) is 0.588. The molecule has 22 heavy (non-hydrogen) atoms. The maximum atomic E-state index is 5.98. The first-order chi connectivity index (χ1) is 10.2. The number of nitrogens with one attached hydrogen (secondary N) is 1. The molecule has 0 saturated heterocycles. The summed E-state index contributed by atoms with van der Waals surface area (Å²) < 4.78 is 5.38. The Morgan fingerprint density at radius 3 is 2.73 bits per heavy atom. The van der Waals surface area contributed by atoms with Crippen molar-refractivity contribution in [3.63, 3.8) is 0 Å². The monoisotopic (exact) mass is 417 g/mol. The van der Waals surface area contributed by atoms with Crippen LogP contribution in [0.15, 0.2) is 23.2 Å². The third-order valence-electron chi connectivity index (χ3n) is 4.06. The Morgan fingerprint density at radius 1 is 1.32 bits per heavy atom. The first kappa shape index (κ1) is 19.1. The Hall–Kier alpha value is -0.980. The Kier molecular flexibility index (Phi) is 8.60. The Bertz CT molecular complexity index is 485. The molecule has 0 heterocycles. The van der Waals surface area contributed by atoms with Crippen LogP contribution in [0, 0.1) is 6.92 Å². The van der Waals surface area contributed by atoms with Gasteiger partial charge in [0.1, 0.15) is 5.75 Å². The van der Waals surface area contributed by atoms with E-state index in [4.69, 9.17) is 10.5 Å². The standard InChI is InChI=1S/C17H27N3O.HI/c1-13-8-9-16(21-2)14(12-13)10-11-19-17(18)20-15-6-4-3-5-7-15;/h8-9,12,15H,3-7,10-11H2,1-2H3,(H3,18,19,20);1H. The van der Waals surface area contributed by atoms with Gasteiger partial charge in [-0.3, -0.25) is 4.99 Å². The Balaban J connectivity index is 0.00000242. The summed E-state index contributed by atoms with van der Waals surface area (Å²) in [5.41, 5.74) is 8.40. The number of rotatable bonds is 5. The van der Waals surface area contributed by atoms with Gasteiger partial charge in [0.2, 0.25) is 0 Å². The van der Waals surface area contributed by atoms with Gasteiger partial charge in [-0.1, -0.05) is 37.0 Å². The van der Waals surface area contributed by atoms with E-state index in [1.54, 1.807) is 7.11 Å². The van der Waals surface area contributed by atoms with Gasteiger partial charge in [0.05, 0.1) is 7.11 Å². The number of ether oxygens (including phenoxy) is 1. The lowest BCUT2D eigenvalue weighted by atomic mass is 9.96. The fourth-order valence-corrected chi connectivity index (χ4v) is 2.90. The van der Waals surface area contributed by atoms with E-state index in [1.807, 2.05) is 6.07 Å². The van der Waals surface area contributed by atoms with Crippen molar-refractivity contribution in [3.8, 4) is 5.75 Å². The summed E-state index contributed by atoms with van der Waals surface area (Å²) in [6.45, 7) is 2.77. The smallest absolute Gasteiger partial charge is 0.188 e. The molecule has 124 valence electrons. The highest BCUT2D eigenvalue weighted by Crippen LogP contribution is 2.20. The normalized spacial score (nSPS) is 16.0. The van der Waals surface area contributed by atoms with Gasteiger partial charge in [-0.15, -0.1) is 24.0 Å². The molecule has 0 aliphatic heterocycles. The molecule has 1 aromatic rings. The molecule has 0 aromatic heterocycles. The highest BCUT2D eigenvalue weighted by molar-refractivity contribution is 14.0. The van der Waals surface area contributed by atoms with Crippen molar-refractivity contribution >= 4 is 29.9 Å². The second-order valence-corrected chi connectivity index (χ2v) is 5.81. The van der Waals surface area contributed by atoms with Crippen LogP contribution in [0.3, 0.4) is 0 Å². The Labute approximate surface area is 150 Å². The van der Waals surface area contributed by atoms with Gasteiger partial charge in [-0.25, -0.2) is 0 Å². The van der Waals surface area contributed by atoms with Gasteiger partial charge >= 0.3 is 0 Å². The van der Waals surface area contributed by atoms with E-state index in [0.29, 0.717) is 18.5 Å². The number of halogens is 1. The van der Waals surface area contributed by atoms with Crippen LogP contribution in [0.4, 0.5) is 0 Å². The van der Waals surface area contributed by atoms with Crippen molar-refractivity contribution in [1.82, 2.24) is 5.32 Å². The van der Waals surface area contributed by atoms with Crippen LogP contribution in [-0.2, 0) is 6.42 Å². The lowest BCUT2D eigenvalue weighted by molar-refractivity contribution is 0.409. The number of guanidine groups is 1. The molecule has 0 radical (unpaired) electrons. The fourth-order valence-electron chi connectivity index (χ4n) is 2.90. The Morgan fingerprint density at radius 2 is 2.05 bits per heavy atom. The summed E-state index contributed by atoms with van der Waals surface area (Å²) in [7, 11) is 1.70. The molecule has 0 bridgehead atoms. The first-order valence-electron chi connectivity index (χ1n) is 7.89. The molecule has 0 spiro atoms. The van der Waals surface area contributed by atoms with E-state index in [1.165, 1.54) is 43.2 Å². The van der Waals surface area contributed by atoms with Crippen molar-refractivity contribution in [3.05, 3.63) is 29.3 Å². The van der Waals surface area contributed by atoms with Crippen molar-refractivity contribution in [1.29, 1.82) is 0 Å². The summed E-state index contributed by atoms with van der Waals surface area (Å²) in [4.78, 5) is 4.45. The van der Waals surface area contributed by atoms with E-state index in [9.17, 15) is 0 Å². The number of aliphatic imine (C=N–C) groups is 1. The summed E-state index contributed by atoms with van der Waals surface area (Å²) >= 11 is 0. The van der Waals surface area contributed by atoms with Crippen LogP contribution in [0.1, 0.15) is 43.2 Å². The number of aryl methyl sites for hydroxylation is 1. The van der Waals surface area contributed by atoms with Crippen LogP contribution < -0.4 is 15.8 Å². The molecule has 5 heteroatoms. The summed E-state index contributed by atoms with van der Waals surface area (Å²) in [6.07, 6.45) is 7.21. The molecule has 4 nitrogen and oxygen atoms in total. The number of benzene rings is 1. The number of hydrogen-bond acceptors (Lipinski definition) is 2. The number of nitrogens with two attached hydrogens (primary N) is 1. The van der Waals surface area contributed by atoms with Gasteiger partial charge < -0.3 is 15.8 Å².